The highest BCUT2D eigenvalue weighted by atomic mass is 35.5. The van der Waals surface area contributed by atoms with E-state index in [4.69, 9.17) is 11.6 Å². The summed E-state index contributed by atoms with van der Waals surface area (Å²) in [6, 6.07) is 10.0. The monoisotopic (exact) mass is 285 g/mol. The van der Waals surface area contributed by atoms with Crippen molar-refractivity contribution in [3.63, 3.8) is 0 Å². The predicted octanol–water partition coefficient (Wildman–Crippen LogP) is 4.89. The largest absolute Gasteiger partial charge is 0.325 e. The summed E-state index contributed by atoms with van der Waals surface area (Å²) in [6.45, 7) is 6.29. The molecule has 3 rings (SSSR count). The maximum atomic E-state index is 6.15. The molecule has 20 heavy (non-hydrogen) atoms. The first-order valence-electron chi connectivity index (χ1n) is 6.53. The van der Waals surface area contributed by atoms with Gasteiger partial charge in [-0.25, -0.2) is 4.98 Å². The van der Waals surface area contributed by atoms with E-state index in [1.807, 2.05) is 18.2 Å². The summed E-state index contributed by atoms with van der Waals surface area (Å²) in [5.41, 5.74) is 6.48. The highest BCUT2D eigenvalue weighted by Crippen LogP contribution is 2.27. The van der Waals surface area contributed by atoms with Crippen molar-refractivity contribution in [1.29, 1.82) is 0 Å². The molecule has 0 amide bonds. The molecule has 0 unspecified atom stereocenters. The number of H-pyrrole nitrogens is 1. The number of nitrogens with one attached hydrogen (secondary N) is 2. The fourth-order valence-corrected chi connectivity index (χ4v) is 2.77. The zero-order valence-electron chi connectivity index (χ0n) is 11.7. The SMILES string of the molecule is Cc1cc(C)c(Nc2nc3c(Cl)cccc3[nH]2)c(C)c1. The second-order valence-electron chi connectivity index (χ2n) is 5.12. The third-order valence-corrected chi connectivity index (χ3v) is 3.69. The predicted molar refractivity (Wildman–Crippen MR) is 85.0 cm³/mol. The van der Waals surface area contributed by atoms with Gasteiger partial charge in [-0.2, -0.15) is 0 Å². The van der Waals surface area contributed by atoms with Gasteiger partial charge in [0.05, 0.1) is 10.5 Å². The van der Waals surface area contributed by atoms with E-state index in [0.29, 0.717) is 11.0 Å². The van der Waals surface area contributed by atoms with Gasteiger partial charge in [-0.1, -0.05) is 35.4 Å². The molecular formula is C16H16ClN3. The molecule has 0 aliphatic rings. The fraction of sp³-hybridized carbons (Fsp3) is 0.188. The highest BCUT2D eigenvalue weighted by Gasteiger charge is 2.09. The van der Waals surface area contributed by atoms with Gasteiger partial charge in [0.1, 0.15) is 5.52 Å². The van der Waals surface area contributed by atoms with Crippen molar-refractivity contribution in [2.45, 2.75) is 20.8 Å². The number of halogens is 1. The van der Waals surface area contributed by atoms with Crippen molar-refractivity contribution in [3.05, 3.63) is 52.0 Å². The molecule has 2 aromatic carbocycles. The molecule has 0 aliphatic heterocycles. The van der Waals surface area contributed by atoms with Gasteiger partial charge < -0.3 is 10.3 Å². The van der Waals surface area contributed by atoms with E-state index in [1.54, 1.807) is 0 Å². The Balaban J connectivity index is 2.04. The summed E-state index contributed by atoms with van der Waals surface area (Å²) in [7, 11) is 0. The summed E-state index contributed by atoms with van der Waals surface area (Å²) < 4.78 is 0. The van der Waals surface area contributed by atoms with Gasteiger partial charge in [0.15, 0.2) is 0 Å². The van der Waals surface area contributed by atoms with Crippen LogP contribution in [0.4, 0.5) is 11.6 Å². The van der Waals surface area contributed by atoms with Gasteiger partial charge in [0, 0.05) is 5.69 Å². The minimum atomic E-state index is 0.657. The average molecular weight is 286 g/mol. The molecule has 1 aromatic heterocycles. The second-order valence-corrected chi connectivity index (χ2v) is 5.53. The topological polar surface area (TPSA) is 40.7 Å². The lowest BCUT2D eigenvalue weighted by molar-refractivity contribution is 1.26. The van der Waals surface area contributed by atoms with Crippen LogP contribution in [0.15, 0.2) is 30.3 Å². The lowest BCUT2D eigenvalue weighted by atomic mass is 10.1. The van der Waals surface area contributed by atoms with Gasteiger partial charge in [-0.05, 0) is 44.0 Å². The van der Waals surface area contributed by atoms with Crippen LogP contribution in [0.2, 0.25) is 5.02 Å². The van der Waals surface area contributed by atoms with Crippen LogP contribution < -0.4 is 5.32 Å². The number of nitrogens with zero attached hydrogens (tertiary/aromatic N) is 1. The quantitative estimate of drug-likeness (QED) is 0.704. The molecule has 0 saturated heterocycles. The first kappa shape index (κ1) is 13.0. The van der Waals surface area contributed by atoms with E-state index in [2.05, 4.69) is 48.2 Å². The summed E-state index contributed by atoms with van der Waals surface area (Å²) in [5, 5.41) is 4.02. The molecule has 3 aromatic rings. The molecule has 0 radical (unpaired) electrons. The molecule has 0 saturated carbocycles. The van der Waals surface area contributed by atoms with E-state index >= 15 is 0 Å². The van der Waals surface area contributed by atoms with Crippen LogP contribution in [-0.4, -0.2) is 9.97 Å². The number of imidazole rings is 1. The van der Waals surface area contributed by atoms with Crippen molar-refractivity contribution in [2.75, 3.05) is 5.32 Å². The summed E-state index contributed by atoms with van der Waals surface area (Å²) in [4.78, 5) is 7.76. The van der Waals surface area contributed by atoms with E-state index in [9.17, 15) is 0 Å². The Kier molecular flexibility index (Phi) is 3.14. The highest BCUT2D eigenvalue weighted by molar-refractivity contribution is 6.34. The number of rotatable bonds is 2. The molecule has 0 spiro atoms. The molecule has 1 heterocycles. The zero-order valence-corrected chi connectivity index (χ0v) is 12.5. The molecule has 0 aliphatic carbocycles. The first-order valence-corrected chi connectivity index (χ1v) is 6.91. The fourth-order valence-electron chi connectivity index (χ4n) is 2.55. The van der Waals surface area contributed by atoms with Crippen molar-refractivity contribution >= 4 is 34.3 Å². The number of para-hydroxylation sites is 1. The number of aromatic nitrogens is 2. The average Bonchev–Trinajstić information content (AvgIpc) is 2.78. The minimum Gasteiger partial charge on any atom is -0.325 e. The van der Waals surface area contributed by atoms with Crippen LogP contribution in [0.3, 0.4) is 0 Å². The van der Waals surface area contributed by atoms with Crippen LogP contribution >= 0.6 is 11.6 Å². The molecule has 0 atom stereocenters. The number of aromatic amines is 1. The molecular weight excluding hydrogens is 270 g/mol. The third kappa shape index (κ3) is 2.25. The number of hydrogen-bond acceptors (Lipinski definition) is 2. The maximum Gasteiger partial charge on any atom is 0.205 e. The Morgan fingerprint density at radius 3 is 2.45 bits per heavy atom. The lowest BCUT2D eigenvalue weighted by Crippen LogP contribution is -1.98. The van der Waals surface area contributed by atoms with Crippen LogP contribution in [0.1, 0.15) is 16.7 Å². The van der Waals surface area contributed by atoms with Crippen LogP contribution in [0.25, 0.3) is 11.0 Å². The molecule has 102 valence electrons. The Bertz CT molecular complexity index is 767. The van der Waals surface area contributed by atoms with Crippen LogP contribution in [0.5, 0.6) is 0 Å². The molecule has 0 fully saturated rings. The van der Waals surface area contributed by atoms with Gasteiger partial charge in [0.2, 0.25) is 5.95 Å². The van der Waals surface area contributed by atoms with Crippen LogP contribution in [-0.2, 0) is 0 Å². The molecule has 3 nitrogen and oxygen atoms in total. The first-order chi connectivity index (χ1) is 9.54. The van der Waals surface area contributed by atoms with Gasteiger partial charge in [0.25, 0.3) is 0 Å². The van der Waals surface area contributed by atoms with Gasteiger partial charge in [-0.15, -0.1) is 0 Å². The standard InChI is InChI=1S/C16H16ClN3/c1-9-7-10(2)14(11(3)8-9)19-16-18-13-6-4-5-12(17)15(13)20-16/h4-8H,1-3H3,(H2,18,19,20). The normalized spacial score (nSPS) is 11.0. The smallest absolute Gasteiger partial charge is 0.205 e. The zero-order chi connectivity index (χ0) is 14.3. The number of hydrogen-bond donors (Lipinski definition) is 2. The Hall–Kier alpha value is -2.00. The number of fused-ring (bicyclic) bond motifs is 1. The third-order valence-electron chi connectivity index (χ3n) is 3.38. The van der Waals surface area contributed by atoms with Crippen molar-refractivity contribution < 1.29 is 0 Å². The van der Waals surface area contributed by atoms with Crippen LogP contribution in [0, 0.1) is 20.8 Å². The summed E-state index contributed by atoms with van der Waals surface area (Å²) in [6.07, 6.45) is 0. The minimum absolute atomic E-state index is 0.657. The molecule has 4 heteroatoms. The van der Waals surface area contributed by atoms with E-state index in [-0.39, 0.29) is 0 Å². The van der Waals surface area contributed by atoms with E-state index in [0.717, 1.165) is 16.7 Å². The van der Waals surface area contributed by atoms with Crippen molar-refractivity contribution in [1.82, 2.24) is 9.97 Å². The second kappa shape index (κ2) is 4.84. The molecule has 2 N–H and O–H groups in total. The van der Waals surface area contributed by atoms with Gasteiger partial charge >= 0.3 is 0 Å². The number of benzene rings is 2. The Morgan fingerprint density at radius 1 is 1.10 bits per heavy atom. The lowest BCUT2D eigenvalue weighted by Gasteiger charge is -2.11. The van der Waals surface area contributed by atoms with E-state index < -0.39 is 0 Å². The molecule has 0 bridgehead atoms. The maximum absolute atomic E-state index is 6.15. The van der Waals surface area contributed by atoms with Gasteiger partial charge in [-0.3, -0.25) is 0 Å². The number of aryl methyl sites for hydroxylation is 3. The number of anilines is 2. The summed E-state index contributed by atoms with van der Waals surface area (Å²) in [5.74, 6) is 0.711. The van der Waals surface area contributed by atoms with E-state index in [1.165, 1.54) is 16.7 Å². The van der Waals surface area contributed by atoms with Crippen molar-refractivity contribution in [3.8, 4) is 0 Å². The Labute approximate surface area is 123 Å². The summed E-state index contributed by atoms with van der Waals surface area (Å²) >= 11 is 6.15. The van der Waals surface area contributed by atoms with Crippen molar-refractivity contribution in [2.24, 2.45) is 0 Å². The Morgan fingerprint density at radius 2 is 1.80 bits per heavy atom.